The number of anilines is 1. The van der Waals surface area contributed by atoms with Crippen molar-refractivity contribution in [2.24, 2.45) is 0 Å². The summed E-state index contributed by atoms with van der Waals surface area (Å²) in [6.45, 7) is 0.505. The molecule has 2 aromatic carbocycles. The number of nitriles is 1. The summed E-state index contributed by atoms with van der Waals surface area (Å²) in [5, 5.41) is 9.01. The van der Waals surface area contributed by atoms with E-state index in [1.165, 1.54) is 6.07 Å². The van der Waals surface area contributed by atoms with Crippen molar-refractivity contribution in [1.82, 2.24) is 0 Å². The highest BCUT2D eigenvalue weighted by molar-refractivity contribution is 5.49. The average molecular weight is 240 g/mol. The van der Waals surface area contributed by atoms with Crippen LogP contribution in [0.15, 0.2) is 48.5 Å². The Kier molecular flexibility index (Phi) is 3.59. The first-order chi connectivity index (χ1) is 8.72. The summed E-state index contributed by atoms with van der Waals surface area (Å²) >= 11 is 0. The van der Waals surface area contributed by atoms with E-state index in [1.54, 1.807) is 29.2 Å². The van der Waals surface area contributed by atoms with Crippen LogP contribution in [0.4, 0.5) is 10.1 Å². The zero-order valence-electron chi connectivity index (χ0n) is 10.1. The smallest absolute Gasteiger partial charge is 0.146 e. The van der Waals surface area contributed by atoms with Gasteiger partial charge in [-0.1, -0.05) is 30.3 Å². The molecule has 0 aliphatic carbocycles. The Morgan fingerprint density at radius 2 is 1.78 bits per heavy atom. The summed E-state index contributed by atoms with van der Waals surface area (Å²) in [5.74, 6) is -0.255. The van der Waals surface area contributed by atoms with Gasteiger partial charge in [0.15, 0.2) is 0 Å². The summed E-state index contributed by atoms with van der Waals surface area (Å²) in [6.07, 6.45) is 0. The Morgan fingerprint density at radius 3 is 2.50 bits per heavy atom. The molecule has 2 aromatic rings. The fourth-order valence-corrected chi connectivity index (χ4v) is 1.87. The molecule has 2 rings (SSSR count). The molecule has 0 bridgehead atoms. The molecule has 0 aromatic heterocycles. The molecule has 0 amide bonds. The van der Waals surface area contributed by atoms with Crippen molar-refractivity contribution in [3.8, 4) is 6.07 Å². The molecule has 0 radical (unpaired) electrons. The van der Waals surface area contributed by atoms with Gasteiger partial charge in [-0.15, -0.1) is 0 Å². The van der Waals surface area contributed by atoms with Crippen LogP contribution in [0.25, 0.3) is 0 Å². The number of halogens is 1. The first-order valence-electron chi connectivity index (χ1n) is 5.66. The monoisotopic (exact) mass is 240 g/mol. The van der Waals surface area contributed by atoms with Crippen LogP contribution in [-0.4, -0.2) is 7.05 Å². The normalized spacial score (nSPS) is 9.83. The maximum atomic E-state index is 13.6. The molecule has 0 aliphatic rings. The minimum Gasteiger partial charge on any atom is -0.368 e. The first kappa shape index (κ1) is 12.1. The second-order valence-corrected chi connectivity index (χ2v) is 4.08. The van der Waals surface area contributed by atoms with Crippen molar-refractivity contribution in [3.63, 3.8) is 0 Å². The van der Waals surface area contributed by atoms with E-state index < -0.39 is 0 Å². The van der Waals surface area contributed by atoms with Crippen molar-refractivity contribution in [3.05, 3.63) is 65.5 Å². The second kappa shape index (κ2) is 5.33. The highest BCUT2D eigenvalue weighted by Crippen LogP contribution is 2.20. The number of benzene rings is 2. The largest absolute Gasteiger partial charge is 0.368 e. The van der Waals surface area contributed by atoms with Gasteiger partial charge < -0.3 is 4.90 Å². The number of hydrogen-bond donors (Lipinski definition) is 0. The molecule has 0 saturated carbocycles. The summed E-state index contributed by atoms with van der Waals surface area (Å²) < 4.78 is 13.6. The van der Waals surface area contributed by atoms with Gasteiger partial charge in [0.2, 0.25) is 0 Å². The zero-order valence-corrected chi connectivity index (χ0v) is 10.1. The molecule has 0 aliphatic heterocycles. The van der Waals surface area contributed by atoms with E-state index in [0.717, 1.165) is 5.56 Å². The number of hydrogen-bond acceptors (Lipinski definition) is 2. The lowest BCUT2D eigenvalue weighted by Crippen LogP contribution is -2.18. The third kappa shape index (κ3) is 2.49. The van der Waals surface area contributed by atoms with Gasteiger partial charge in [-0.3, -0.25) is 0 Å². The van der Waals surface area contributed by atoms with Crippen LogP contribution in [0.2, 0.25) is 0 Å². The number of nitrogens with zero attached hydrogens (tertiary/aromatic N) is 2. The molecule has 2 nitrogen and oxygen atoms in total. The van der Waals surface area contributed by atoms with Crippen molar-refractivity contribution in [2.45, 2.75) is 6.54 Å². The third-order valence-corrected chi connectivity index (χ3v) is 2.81. The SMILES string of the molecule is CN(Cc1ccccc1C#N)c1ccccc1F. The lowest BCUT2D eigenvalue weighted by Gasteiger charge is -2.20. The minimum atomic E-state index is -0.255. The van der Waals surface area contributed by atoms with Gasteiger partial charge in [0.25, 0.3) is 0 Å². The molecule has 18 heavy (non-hydrogen) atoms. The molecule has 0 saturated heterocycles. The Morgan fingerprint density at radius 1 is 1.11 bits per heavy atom. The van der Waals surface area contributed by atoms with Gasteiger partial charge in [0, 0.05) is 13.6 Å². The predicted molar refractivity (Wildman–Crippen MR) is 69.7 cm³/mol. The van der Waals surface area contributed by atoms with Crippen LogP contribution in [-0.2, 0) is 6.54 Å². The minimum absolute atomic E-state index is 0.255. The summed E-state index contributed by atoms with van der Waals surface area (Å²) in [6, 6.07) is 16.1. The maximum Gasteiger partial charge on any atom is 0.146 e. The van der Waals surface area contributed by atoms with Crippen molar-refractivity contribution >= 4 is 5.69 Å². The van der Waals surface area contributed by atoms with Crippen LogP contribution in [0.1, 0.15) is 11.1 Å². The molecule has 0 N–H and O–H groups in total. The van der Waals surface area contributed by atoms with Crippen LogP contribution in [0.5, 0.6) is 0 Å². The lowest BCUT2D eigenvalue weighted by atomic mass is 10.1. The lowest BCUT2D eigenvalue weighted by molar-refractivity contribution is 0.622. The zero-order chi connectivity index (χ0) is 13.0. The maximum absolute atomic E-state index is 13.6. The molecule has 0 fully saturated rings. The van der Waals surface area contributed by atoms with Gasteiger partial charge in [-0.05, 0) is 23.8 Å². The first-order valence-corrected chi connectivity index (χ1v) is 5.66. The van der Waals surface area contributed by atoms with E-state index in [0.29, 0.717) is 17.8 Å². The van der Waals surface area contributed by atoms with E-state index in [2.05, 4.69) is 6.07 Å². The van der Waals surface area contributed by atoms with Crippen molar-refractivity contribution in [2.75, 3.05) is 11.9 Å². The third-order valence-electron chi connectivity index (χ3n) is 2.81. The van der Waals surface area contributed by atoms with Gasteiger partial charge in [-0.25, -0.2) is 4.39 Å². The van der Waals surface area contributed by atoms with Crippen LogP contribution < -0.4 is 4.90 Å². The average Bonchev–Trinajstić information content (AvgIpc) is 2.39. The predicted octanol–water partition coefficient (Wildman–Crippen LogP) is 3.33. The fourth-order valence-electron chi connectivity index (χ4n) is 1.87. The molecular weight excluding hydrogens is 227 g/mol. The second-order valence-electron chi connectivity index (χ2n) is 4.08. The van der Waals surface area contributed by atoms with E-state index in [4.69, 9.17) is 5.26 Å². The molecule has 90 valence electrons. The molecule has 0 atom stereocenters. The molecule has 3 heteroatoms. The topological polar surface area (TPSA) is 27.0 Å². The van der Waals surface area contributed by atoms with Gasteiger partial charge in [-0.2, -0.15) is 5.26 Å². The van der Waals surface area contributed by atoms with Gasteiger partial charge in [0.1, 0.15) is 5.82 Å². The summed E-state index contributed by atoms with van der Waals surface area (Å²) in [5.41, 5.74) is 2.05. The van der Waals surface area contributed by atoms with Crippen molar-refractivity contribution in [1.29, 1.82) is 5.26 Å². The Balaban J connectivity index is 2.25. The molecular formula is C15H13FN2. The number of rotatable bonds is 3. The standard InChI is InChI=1S/C15H13FN2/c1-18(15-9-5-4-8-14(15)16)11-13-7-3-2-6-12(13)10-17/h2-9H,11H2,1H3. The molecule has 0 heterocycles. The van der Waals surface area contributed by atoms with Crippen molar-refractivity contribution < 1.29 is 4.39 Å². The quantitative estimate of drug-likeness (QED) is 0.822. The fraction of sp³-hybridized carbons (Fsp3) is 0.133. The van der Waals surface area contributed by atoms with E-state index in [1.807, 2.05) is 25.2 Å². The summed E-state index contributed by atoms with van der Waals surface area (Å²) in [7, 11) is 1.81. The van der Waals surface area contributed by atoms with Gasteiger partial charge in [0.05, 0.1) is 17.3 Å². The Bertz CT molecular complexity index is 587. The van der Waals surface area contributed by atoms with E-state index in [-0.39, 0.29) is 5.82 Å². The van der Waals surface area contributed by atoms with Crippen LogP contribution >= 0.6 is 0 Å². The summed E-state index contributed by atoms with van der Waals surface area (Å²) in [4.78, 5) is 1.80. The van der Waals surface area contributed by atoms with Crippen LogP contribution in [0.3, 0.4) is 0 Å². The Hall–Kier alpha value is -2.34. The Labute approximate surface area is 106 Å². The van der Waals surface area contributed by atoms with Gasteiger partial charge >= 0.3 is 0 Å². The number of para-hydroxylation sites is 1. The van der Waals surface area contributed by atoms with E-state index in [9.17, 15) is 4.39 Å². The highest BCUT2D eigenvalue weighted by atomic mass is 19.1. The molecule has 0 unspecified atom stereocenters. The molecule has 0 spiro atoms. The highest BCUT2D eigenvalue weighted by Gasteiger charge is 2.09. The van der Waals surface area contributed by atoms with Crippen LogP contribution in [0, 0.1) is 17.1 Å². The van der Waals surface area contributed by atoms with E-state index >= 15 is 0 Å².